The molecule has 132 valence electrons. The molecule has 2 aromatic heterocycles. The second-order valence-electron chi connectivity index (χ2n) is 5.61. The lowest BCUT2D eigenvalue weighted by molar-refractivity contribution is -0.140. The number of rotatable bonds is 2. The Morgan fingerprint density at radius 3 is 2.52 bits per heavy atom. The highest BCUT2D eigenvalue weighted by molar-refractivity contribution is 6.31. The van der Waals surface area contributed by atoms with Gasteiger partial charge in [0.25, 0.3) is 5.56 Å². The number of benzene rings is 1. The second-order valence-corrected chi connectivity index (χ2v) is 6.01. The van der Waals surface area contributed by atoms with Crippen molar-refractivity contribution in [2.75, 3.05) is 0 Å². The number of aromatic nitrogens is 4. The van der Waals surface area contributed by atoms with Crippen LogP contribution in [0.5, 0.6) is 0 Å². The number of H-pyrrole nitrogens is 2. The van der Waals surface area contributed by atoms with Gasteiger partial charge in [0.15, 0.2) is 5.69 Å². The van der Waals surface area contributed by atoms with Crippen LogP contribution in [0.2, 0.25) is 5.02 Å². The molecule has 0 aliphatic rings. The molecule has 0 bridgehead atoms. The number of hydrogen-bond donors (Lipinski definition) is 2. The maximum Gasteiger partial charge on any atom is 0.436 e. The van der Waals surface area contributed by atoms with Gasteiger partial charge in [-0.2, -0.15) is 18.3 Å². The van der Waals surface area contributed by atoms with Crippen LogP contribution < -0.4 is 11.2 Å². The van der Waals surface area contributed by atoms with Gasteiger partial charge in [0.2, 0.25) is 0 Å². The average molecular weight is 373 g/mol. The van der Waals surface area contributed by atoms with Crippen LogP contribution in [-0.2, 0) is 6.18 Å². The van der Waals surface area contributed by atoms with Crippen molar-refractivity contribution in [1.29, 1.82) is 0 Å². The van der Waals surface area contributed by atoms with Crippen molar-refractivity contribution in [2.45, 2.75) is 26.1 Å². The molecule has 0 aliphatic carbocycles. The van der Waals surface area contributed by atoms with Crippen molar-refractivity contribution in [1.82, 2.24) is 19.7 Å². The predicted molar refractivity (Wildman–Crippen MR) is 86.0 cm³/mol. The highest BCUT2D eigenvalue weighted by atomic mass is 35.5. The van der Waals surface area contributed by atoms with Gasteiger partial charge in [-0.25, -0.2) is 9.48 Å². The van der Waals surface area contributed by atoms with E-state index in [1.807, 2.05) is 0 Å². The summed E-state index contributed by atoms with van der Waals surface area (Å²) in [6.07, 6.45) is -4.85. The zero-order valence-corrected chi connectivity index (χ0v) is 13.8. The Kier molecular flexibility index (Phi) is 3.98. The lowest BCUT2D eigenvalue weighted by Crippen LogP contribution is -2.24. The Labute approximate surface area is 143 Å². The van der Waals surface area contributed by atoms with E-state index in [1.165, 1.54) is 0 Å². The topological polar surface area (TPSA) is 83.5 Å². The van der Waals surface area contributed by atoms with Crippen LogP contribution in [0.15, 0.2) is 27.8 Å². The van der Waals surface area contributed by atoms with Gasteiger partial charge < -0.3 is 0 Å². The minimum Gasteiger partial charge on any atom is -0.291 e. The number of alkyl halides is 3. The molecule has 0 amide bonds. The van der Waals surface area contributed by atoms with Crippen LogP contribution in [0.1, 0.15) is 29.8 Å². The van der Waals surface area contributed by atoms with E-state index in [0.717, 1.165) is 10.2 Å². The molecule has 0 saturated heterocycles. The molecule has 1 unspecified atom stereocenters. The third kappa shape index (κ3) is 2.95. The standard InChI is InChI=1S/C15H12ClF3N4O2/c1-6-3-4-8(5-9(6)16)7(2)23-12-10(11(22-23)15(17,18)19)13(24)21-14(25)20-12/h3-5,7H,1-2H3,(H2,20,21,24,25). The Bertz CT molecular complexity index is 1080. The Morgan fingerprint density at radius 1 is 1.24 bits per heavy atom. The minimum absolute atomic E-state index is 0.301. The molecule has 3 aromatic rings. The fourth-order valence-corrected chi connectivity index (χ4v) is 2.75. The molecule has 0 spiro atoms. The predicted octanol–water partition coefficient (Wildman–Crippen LogP) is 3.00. The van der Waals surface area contributed by atoms with Crippen molar-refractivity contribution >= 4 is 22.6 Å². The maximum absolute atomic E-state index is 13.3. The van der Waals surface area contributed by atoms with Gasteiger partial charge in [-0.3, -0.25) is 14.8 Å². The molecule has 2 heterocycles. The number of nitrogens with one attached hydrogen (secondary N) is 2. The fourth-order valence-electron chi connectivity index (χ4n) is 2.56. The molecule has 2 N–H and O–H groups in total. The van der Waals surface area contributed by atoms with E-state index >= 15 is 0 Å². The number of nitrogens with zero attached hydrogens (tertiary/aromatic N) is 2. The minimum atomic E-state index is -4.85. The first-order chi connectivity index (χ1) is 11.6. The van der Waals surface area contributed by atoms with Gasteiger partial charge in [0, 0.05) is 5.02 Å². The summed E-state index contributed by atoms with van der Waals surface area (Å²) >= 11 is 6.07. The monoisotopic (exact) mass is 372 g/mol. The Morgan fingerprint density at radius 2 is 1.92 bits per heavy atom. The molecule has 0 saturated carbocycles. The average Bonchev–Trinajstić information content (AvgIpc) is 2.89. The van der Waals surface area contributed by atoms with Gasteiger partial charge in [-0.1, -0.05) is 23.7 Å². The molecule has 0 fully saturated rings. The molecule has 25 heavy (non-hydrogen) atoms. The van der Waals surface area contributed by atoms with E-state index in [1.54, 1.807) is 37.0 Å². The van der Waals surface area contributed by atoms with Crippen LogP contribution in [0.4, 0.5) is 13.2 Å². The summed E-state index contributed by atoms with van der Waals surface area (Å²) in [7, 11) is 0. The zero-order chi connectivity index (χ0) is 18.5. The van der Waals surface area contributed by atoms with Gasteiger partial charge in [-0.15, -0.1) is 0 Å². The van der Waals surface area contributed by atoms with E-state index < -0.39 is 34.5 Å². The molecular weight excluding hydrogens is 361 g/mol. The Hall–Kier alpha value is -2.55. The molecule has 10 heteroatoms. The van der Waals surface area contributed by atoms with Crippen molar-refractivity contribution in [3.63, 3.8) is 0 Å². The van der Waals surface area contributed by atoms with Crippen LogP contribution in [-0.4, -0.2) is 19.7 Å². The van der Waals surface area contributed by atoms with Crippen molar-refractivity contribution < 1.29 is 13.2 Å². The zero-order valence-electron chi connectivity index (χ0n) is 13.0. The van der Waals surface area contributed by atoms with Gasteiger partial charge in [0.05, 0.1) is 6.04 Å². The van der Waals surface area contributed by atoms with Gasteiger partial charge >= 0.3 is 11.9 Å². The first kappa shape index (κ1) is 17.3. The van der Waals surface area contributed by atoms with Crippen LogP contribution >= 0.6 is 11.6 Å². The summed E-state index contributed by atoms with van der Waals surface area (Å²) in [6, 6.07) is 4.32. The lowest BCUT2D eigenvalue weighted by Gasteiger charge is -2.14. The Balaban J connectivity index is 2.30. The summed E-state index contributed by atoms with van der Waals surface area (Å²) in [5.74, 6) is 0. The first-order valence-electron chi connectivity index (χ1n) is 7.17. The van der Waals surface area contributed by atoms with E-state index in [4.69, 9.17) is 11.6 Å². The van der Waals surface area contributed by atoms with Crippen LogP contribution in [0.25, 0.3) is 11.0 Å². The third-order valence-electron chi connectivity index (χ3n) is 3.91. The first-order valence-corrected chi connectivity index (χ1v) is 7.55. The smallest absolute Gasteiger partial charge is 0.291 e. The number of aryl methyl sites for hydroxylation is 1. The van der Waals surface area contributed by atoms with E-state index in [0.29, 0.717) is 10.6 Å². The second kappa shape index (κ2) is 5.76. The van der Waals surface area contributed by atoms with Crippen LogP contribution in [0.3, 0.4) is 0 Å². The number of fused-ring (bicyclic) bond motifs is 1. The molecule has 0 radical (unpaired) electrons. The highest BCUT2D eigenvalue weighted by Crippen LogP contribution is 2.34. The number of hydrogen-bond acceptors (Lipinski definition) is 3. The SMILES string of the molecule is Cc1ccc(C(C)n2nc(C(F)(F)F)c3c(=O)[nH]c(=O)[nH]c32)cc1Cl. The highest BCUT2D eigenvalue weighted by Gasteiger charge is 2.39. The van der Waals surface area contributed by atoms with E-state index in [2.05, 4.69) is 10.1 Å². The van der Waals surface area contributed by atoms with Gasteiger partial charge in [0.1, 0.15) is 11.0 Å². The maximum atomic E-state index is 13.3. The molecular formula is C15H12ClF3N4O2. The quantitative estimate of drug-likeness (QED) is 0.725. The molecule has 1 aromatic carbocycles. The van der Waals surface area contributed by atoms with Crippen LogP contribution in [0, 0.1) is 6.92 Å². The lowest BCUT2D eigenvalue weighted by atomic mass is 10.1. The van der Waals surface area contributed by atoms with Gasteiger partial charge in [-0.05, 0) is 31.0 Å². The summed E-state index contributed by atoms with van der Waals surface area (Å²) in [6.45, 7) is 3.38. The molecule has 0 aliphatic heterocycles. The largest absolute Gasteiger partial charge is 0.436 e. The van der Waals surface area contributed by atoms with Crippen molar-refractivity contribution in [3.8, 4) is 0 Å². The third-order valence-corrected chi connectivity index (χ3v) is 4.32. The van der Waals surface area contributed by atoms with E-state index in [9.17, 15) is 22.8 Å². The summed E-state index contributed by atoms with van der Waals surface area (Å²) in [5.41, 5.74) is -2.33. The van der Waals surface area contributed by atoms with E-state index in [-0.39, 0.29) is 5.65 Å². The summed E-state index contributed by atoms with van der Waals surface area (Å²) in [4.78, 5) is 27.4. The summed E-state index contributed by atoms with van der Waals surface area (Å²) in [5, 5.41) is 3.29. The molecule has 1 atom stereocenters. The summed E-state index contributed by atoms with van der Waals surface area (Å²) < 4.78 is 40.7. The normalized spacial score (nSPS) is 13.4. The fraction of sp³-hybridized carbons (Fsp3) is 0.267. The molecule has 6 nitrogen and oxygen atoms in total. The number of aromatic amines is 2. The molecule has 3 rings (SSSR count). The van der Waals surface area contributed by atoms with Crippen molar-refractivity contribution in [2.24, 2.45) is 0 Å². The van der Waals surface area contributed by atoms with Crippen molar-refractivity contribution in [3.05, 3.63) is 60.9 Å². The number of halogens is 4.